The molecule has 0 aliphatic carbocycles. The SMILES string of the molecule is C[C@H](OC(=O)CCOc1ccc(C(C)(C)C)cc1)C(=O)Nc1ccc2c(c1)OCO2. The number of fused-ring (bicyclic) bond motifs is 1. The first-order valence-corrected chi connectivity index (χ1v) is 9.86. The number of anilines is 1. The Morgan fingerprint density at radius 3 is 2.47 bits per heavy atom. The van der Waals surface area contributed by atoms with E-state index in [9.17, 15) is 9.59 Å². The minimum Gasteiger partial charge on any atom is -0.493 e. The molecule has 7 heteroatoms. The van der Waals surface area contributed by atoms with Gasteiger partial charge in [-0.15, -0.1) is 0 Å². The van der Waals surface area contributed by atoms with Crippen molar-refractivity contribution >= 4 is 17.6 Å². The quantitative estimate of drug-likeness (QED) is 0.690. The summed E-state index contributed by atoms with van der Waals surface area (Å²) >= 11 is 0. The summed E-state index contributed by atoms with van der Waals surface area (Å²) in [5.41, 5.74) is 1.81. The standard InChI is InChI=1S/C23H27NO6/c1-15(22(26)24-17-7-10-19-20(13-17)29-14-28-19)30-21(25)11-12-27-18-8-5-16(6-9-18)23(2,3)4/h5-10,13,15H,11-12,14H2,1-4H3,(H,24,26)/t15-/m0/s1. The molecule has 0 aromatic heterocycles. The molecule has 0 spiro atoms. The lowest BCUT2D eigenvalue weighted by atomic mass is 9.87. The average Bonchev–Trinajstić information content (AvgIpc) is 3.15. The molecule has 1 N–H and O–H groups in total. The van der Waals surface area contributed by atoms with Crippen LogP contribution in [0.1, 0.15) is 39.7 Å². The Morgan fingerprint density at radius 2 is 1.77 bits per heavy atom. The summed E-state index contributed by atoms with van der Waals surface area (Å²) in [5.74, 6) is 0.936. The number of amides is 1. The molecule has 2 aromatic carbocycles. The normalized spacial score (nSPS) is 13.5. The Bertz CT molecular complexity index is 901. The highest BCUT2D eigenvalue weighted by atomic mass is 16.7. The van der Waals surface area contributed by atoms with E-state index in [-0.39, 0.29) is 25.2 Å². The first-order chi connectivity index (χ1) is 14.2. The molecule has 0 fully saturated rings. The van der Waals surface area contributed by atoms with Crippen LogP contribution in [0, 0.1) is 0 Å². The van der Waals surface area contributed by atoms with Crippen LogP contribution in [0.2, 0.25) is 0 Å². The van der Waals surface area contributed by atoms with Crippen LogP contribution in [0.3, 0.4) is 0 Å². The van der Waals surface area contributed by atoms with Gasteiger partial charge in [0.15, 0.2) is 17.6 Å². The minimum absolute atomic E-state index is 0.0443. The molecule has 30 heavy (non-hydrogen) atoms. The summed E-state index contributed by atoms with van der Waals surface area (Å²) in [7, 11) is 0. The molecular formula is C23H27NO6. The van der Waals surface area contributed by atoms with E-state index in [1.54, 1.807) is 18.2 Å². The third kappa shape index (κ3) is 5.65. The molecular weight excluding hydrogens is 386 g/mol. The van der Waals surface area contributed by atoms with E-state index in [4.69, 9.17) is 18.9 Å². The molecule has 0 saturated carbocycles. The second-order valence-electron chi connectivity index (χ2n) is 8.06. The highest BCUT2D eigenvalue weighted by molar-refractivity contribution is 5.95. The lowest BCUT2D eigenvalue weighted by Gasteiger charge is -2.19. The van der Waals surface area contributed by atoms with Crippen molar-refractivity contribution in [3.8, 4) is 17.2 Å². The predicted octanol–water partition coefficient (Wildman–Crippen LogP) is 4.05. The number of ether oxygens (including phenoxy) is 4. The highest BCUT2D eigenvalue weighted by Gasteiger charge is 2.20. The molecule has 3 rings (SSSR count). The molecule has 2 aromatic rings. The van der Waals surface area contributed by atoms with Crippen molar-refractivity contribution in [1.82, 2.24) is 0 Å². The lowest BCUT2D eigenvalue weighted by molar-refractivity contribution is -0.153. The zero-order chi connectivity index (χ0) is 21.7. The summed E-state index contributed by atoms with van der Waals surface area (Å²) in [6, 6.07) is 12.8. The monoisotopic (exact) mass is 413 g/mol. The van der Waals surface area contributed by atoms with E-state index in [1.165, 1.54) is 12.5 Å². The van der Waals surface area contributed by atoms with Crippen molar-refractivity contribution in [3.63, 3.8) is 0 Å². The van der Waals surface area contributed by atoms with Gasteiger partial charge in [-0.2, -0.15) is 0 Å². The van der Waals surface area contributed by atoms with E-state index in [2.05, 4.69) is 26.1 Å². The van der Waals surface area contributed by atoms with Crippen LogP contribution >= 0.6 is 0 Å². The Kier molecular flexibility index (Phi) is 6.50. The van der Waals surface area contributed by atoms with E-state index in [1.807, 2.05) is 24.3 Å². The average molecular weight is 413 g/mol. The van der Waals surface area contributed by atoms with Crippen LogP contribution in [0.4, 0.5) is 5.69 Å². The van der Waals surface area contributed by atoms with Crippen LogP contribution in [0.5, 0.6) is 17.2 Å². The fourth-order valence-electron chi connectivity index (χ4n) is 2.83. The molecule has 7 nitrogen and oxygen atoms in total. The molecule has 0 saturated heterocycles. The maximum atomic E-state index is 12.3. The fraction of sp³-hybridized carbons (Fsp3) is 0.391. The number of hydrogen-bond donors (Lipinski definition) is 1. The number of esters is 1. The van der Waals surface area contributed by atoms with Crippen molar-refractivity contribution in [2.45, 2.75) is 45.6 Å². The molecule has 1 heterocycles. The van der Waals surface area contributed by atoms with Gasteiger partial charge in [-0.25, -0.2) is 0 Å². The Hall–Kier alpha value is -3.22. The lowest BCUT2D eigenvalue weighted by Crippen LogP contribution is -2.30. The van der Waals surface area contributed by atoms with Crippen LogP contribution in [0.25, 0.3) is 0 Å². The van der Waals surface area contributed by atoms with Crippen LogP contribution in [0.15, 0.2) is 42.5 Å². The van der Waals surface area contributed by atoms with Crippen LogP contribution in [-0.2, 0) is 19.7 Å². The Morgan fingerprint density at radius 1 is 1.07 bits per heavy atom. The van der Waals surface area contributed by atoms with Crippen molar-refractivity contribution in [2.24, 2.45) is 0 Å². The molecule has 0 bridgehead atoms. The summed E-state index contributed by atoms with van der Waals surface area (Å²) in [6.07, 6.45) is -0.892. The molecule has 0 unspecified atom stereocenters. The first kappa shape index (κ1) is 21.5. The van der Waals surface area contributed by atoms with Crippen molar-refractivity contribution in [3.05, 3.63) is 48.0 Å². The van der Waals surface area contributed by atoms with Gasteiger partial charge < -0.3 is 24.3 Å². The summed E-state index contributed by atoms with van der Waals surface area (Å²) in [6.45, 7) is 8.27. The van der Waals surface area contributed by atoms with E-state index < -0.39 is 18.0 Å². The molecule has 1 aliphatic heterocycles. The van der Waals surface area contributed by atoms with Gasteiger partial charge in [-0.1, -0.05) is 32.9 Å². The maximum absolute atomic E-state index is 12.3. The molecule has 1 amide bonds. The molecule has 0 radical (unpaired) electrons. The summed E-state index contributed by atoms with van der Waals surface area (Å²) in [5, 5.41) is 2.69. The van der Waals surface area contributed by atoms with E-state index >= 15 is 0 Å². The van der Waals surface area contributed by atoms with Gasteiger partial charge in [0, 0.05) is 11.8 Å². The van der Waals surface area contributed by atoms with Crippen molar-refractivity contribution < 1.29 is 28.5 Å². The van der Waals surface area contributed by atoms with Gasteiger partial charge in [0.1, 0.15) is 5.75 Å². The number of carbonyl (C=O) groups is 2. The highest BCUT2D eigenvalue weighted by Crippen LogP contribution is 2.34. The van der Waals surface area contributed by atoms with Gasteiger partial charge in [0.2, 0.25) is 6.79 Å². The van der Waals surface area contributed by atoms with E-state index in [0.29, 0.717) is 22.9 Å². The largest absolute Gasteiger partial charge is 0.493 e. The Labute approximate surface area is 176 Å². The first-order valence-electron chi connectivity index (χ1n) is 9.86. The molecule has 160 valence electrons. The zero-order valence-electron chi connectivity index (χ0n) is 17.7. The van der Waals surface area contributed by atoms with Crippen LogP contribution in [-0.4, -0.2) is 31.4 Å². The van der Waals surface area contributed by atoms with Crippen LogP contribution < -0.4 is 19.5 Å². The second kappa shape index (κ2) is 9.07. The van der Waals surface area contributed by atoms with Crippen molar-refractivity contribution in [2.75, 3.05) is 18.7 Å². The van der Waals surface area contributed by atoms with Gasteiger partial charge in [0.05, 0.1) is 13.0 Å². The molecule has 1 atom stereocenters. The second-order valence-corrected chi connectivity index (χ2v) is 8.06. The number of hydrogen-bond acceptors (Lipinski definition) is 6. The topological polar surface area (TPSA) is 83.1 Å². The van der Waals surface area contributed by atoms with Gasteiger partial charge >= 0.3 is 5.97 Å². The number of carbonyl (C=O) groups excluding carboxylic acids is 2. The maximum Gasteiger partial charge on any atom is 0.310 e. The smallest absolute Gasteiger partial charge is 0.310 e. The van der Waals surface area contributed by atoms with Gasteiger partial charge in [0.25, 0.3) is 5.91 Å². The summed E-state index contributed by atoms with van der Waals surface area (Å²) < 4.78 is 21.3. The van der Waals surface area contributed by atoms with E-state index in [0.717, 1.165) is 0 Å². The third-order valence-electron chi connectivity index (χ3n) is 4.61. The van der Waals surface area contributed by atoms with Gasteiger partial charge in [-0.3, -0.25) is 9.59 Å². The van der Waals surface area contributed by atoms with Gasteiger partial charge in [-0.05, 0) is 42.2 Å². The minimum atomic E-state index is -0.936. The zero-order valence-corrected chi connectivity index (χ0v) is 17.7. The number of benzene rings is 2. The Balaban J connectivity index is 1.41. The number of rotatable bonds is 7. The third-order valence-corrected chi connectivity index (χ3v) is 4.61. The number of nitrogens with one attached hydrogen (secondary N) is 1. The fourth-order valence-corrected chi connectivity index (χ4v) is 2.83. The molecule has 1 aliphatic rings. The van der Waals surface area contributed by atoms with Crippen molar-refractivity contribution in [1.29, 1.82) is 0 Å². The predicted molar refractivity (Wildman–Crippen MR) is 112 cm³/mol. The summed E-state index contributed by atoms with van der Waals surface area (Å²) in [4.78, 5) is 24.3.